The molecule has 0 bridgehead atoms. The van der Waals surface area contributed by atoms with Crippen molar-refractivity contribution in [2.75, 3.05) is 47.0 Å². The van der Waals surface area contributed by atoms with Crippen LogP contribution in [-0.2, 0) is 41.7 Å². The van der Waals surface area contributed by atoms with E-state index < -0.39 is 0 Å². The molecule has 0 aliphatic rings. The molecule has 0 atom stereocenters. The van der Waals surface area contributed by atoms with E-state index in [1.54, 1.807) is 0 Å². The third kappa shape index (κ3) is 11.5. The molecule has 1 aromatic rings. The van der Waals surface area contributed by atoms with Gasteiger partial charge >= 0.3 is 11.9 Å². The topological polar surface area (TPSA) is 85.4 Å². The second-order valence-electron chi connectivity index (χ2n) is 7.29. The van der Waals surface area contributed by atoms with Crippen molar-refractivity contribution in [3.05, 3.63) is 35.4 Å². The molecule has 0 radical (unpaired) electrons. The minimum absolute atomic E-state index is 0.207. The van der Waals surface area contributed by atoms with Gasteiger partial charge in [0.15, 0.2) is 0 Å². The standard InChI is InChI=1S/C23H36N2O6/c1-4-12-24(14-10-22(27)29-2)17-20-8-5-6-9-21(20)18-25(13-7-16-31-19-26)15-11-23(28)30-3/h5-6,8-9,19H,4,7,10-18H2,1-3H3. The third-order valence-electron chi connectivity index (χ3n) is 4.97. The molecule has 8 nitrogen and oxygen atoms in total. The highest BCUT2D eigenvalue weighted by atomic mass is 16.5. The SMILES string of the molecule is CCCN(CCC(=O)OC)Cc1ccccc1CN(CCCOC=O)CCC(=O)OC. The van der Waals surface area contributed by atoms with E-state index in [1.807, 2.05) is 12.1 Å². The molecule has 0 heterocycles. The van der Waals surface area contributed by atoms with E-state index in [-0.39, 0.29) is 11.9 Å². The number of rotatable bonds is 17. The van der Waals surface area contributed by atoms with Crippen molar-refractivity contribution in [1.82, 2.24) is 9.80 Å². The van der Waals surface area contributed by atoms with E-state index >= 15 is 0 Å². The molecular formula is C23H36N2O6. The Morgan fingerprint density at radius 3 is 1.84 bits per heavy atom. The molecule has 8 heteroatoms. The van der Waals surface area contributed by atoms with Gasteiger partial charge < -0.3 is 14.2 Å². The van der Waals surface area contributed by atoms with Gasteiger partial charge in [-0.15, -0.1) is 0 Å². The lowest BCUT2D eigenvalue weighted by Crippen LogP contribution is -2.30. The van der Waals surface area contributed by atoms with Gasteiger partial charge in [-0.05, 0) is 30.5 Å². The maximum atomic E-state index is 11.6. The number of esters is 2. The Morgan fingerprint density at radius 1 is 0.871 bits per heavy atom. The lowest BCUT2D eigenvalue weighted by Gasteiger charge is -2.26. The van der Waals surface area contributed by atoms with Gasteiger partial charge in [0.05, 0.1) is 33.7 Å². The third-order valence-corrected chi connectivity index (χ3v) is 4.97. The predicted molar refractivity (Wildman–Crippen MR) is 117 cm³/mol. The van der Waals surface area contributed by atoms with E-state index in [2.05, 4.69) is 28.9 Å². The summed E-state index contributed by atoms with van der Waals surface area (Å²) in [7, 11) is 2.79. The Kier molecular flexibility index (Phi) is 14.0. The van der Waals surface area contributed by atoms with Crippen LogP contribution in [0, 0.1) is 0 Å². The fourth-order valence-electron chi connectivity index (χ4n) is 3.33. The van der Waals surface area contributed by atoms with Crippen LogP contribution in [0.25, 0.3) is 0 Å². The molecule has 0 aliphatic heterocycles. The van der Waals surface area contributed by atoms with Crippen LogP contribution in [0.2, 0.25) is 0 Å². The van der Waals surface area contributed by atoms with Crippen molar-refractivity contribution >= 4 is 18.4 Å². The molecule has 1 rings (SSSR count). The number of benzene rings is 1. The van der Waals surface area contributed by atoms with Crippen molar-refractivity contribution in [3.8, 4) is 0 Å². The van der Waals surface area contributed by atoms with Crippen LogP contribution in [0.5, 0.6) is 0 Å². The number of methoxy groups -OCH3 is 2. The molecule has 31 heavy (non-hydrogen) atoms. The van der Waals surface area contributed by atoms with Gasteiger partial charge in [-0.1, -0.05) is 31.2 Å². The van der Waals surface area contributed by atoms with Crippen LogP contribution in [0.4, 0.5) is 0 Å². The number of carbonyl (C=O) groups excluding carboxylic acids is 3. The average molecular weight is 437 g/mol. The van der Waals surface area contributed by atoms with Crippen LogP contribution in [-0.4, -0.2) is 75.2 Å². The number of nitrogens with zero attached hydrogens (tertiary/aromatic N) is 2. The maximum absolute atomic E-state index is 11.6. The number of hydrogen-bond donors (Lipinski definition) is 0. The Hall–Kier alpha value is -2.45. The normalized spacial score (nSPS) is 10.9. The Labute approximate surface area is 185 Å². The Bertz CT molecular complexity index is 667. The van der Waals surface area contributed by atoms with Gasteiger partial charge in [-0.25, -0.2) is 0 Å². The fraction of sp³-hybridized carbons (Fsp3) is 0.609. The van der Waals surface area contributed by atoms with Crippen molar-refractivity contribution in [2.24, 2.45) is 0 Å². The zero-order valence-corrected chi connectivity index (χ0v) is 19.0. The van der Waals surface area contributed by atoms with Crippen molar-refractivity contribution in [3.63, 3.8) is 0 Å². The van der Waals surface area contributed by atoms with Gasteiger partial charge in [0.1, 0.15) is 0 Å². The molecule has 0 saturated carbocycles. The van der Waals surface area contributed by atoms with E-state index in [1.165, 1.54) is 25.3 Å². The number of hydrogen-bond acceptors (Lipinski definition) is 8. The van der Waals surface area contributed by atoms with E-state index in [9.17, 15) is 14.4 Å². The summed E-state index contributed by atoms with van der Waals surface area (Å²) in [6.07, 6.45) is 2.34. The highest BCUT2D eigenvalue weighted by molar-refractivity contribution is 5.69. The molecule has 0 aliphatic carbocycles. The first-order valence-electron chi connectivity index (χ1n) is 10.7. The van der Waals surface area contributed by atoms with E-state index in [4.69, 9.17) is 14.2 Å². The van der Waals surface area contributed by atoms with Gasteiger partial charge in [0.25, 0.3) is 6.47 Å². The number of carbonyl (C=O) groups is 3. The predicted octanol–water partition coefficient (Wildman–Crippen LogP) is 2.39. The lowest BCUT2D eigenvalue weighted by molar-refractivity contribution is -0.141. The summed E-state index contributed by atoms with van der Waals surface area (Å²) in [5.41, 5.74) is 2.36. The van der Waals surface area contributed by atoms with Gasteiger partial charge in [0.2, 0.25) is 0 Å². The minimum Gasteiger partial charge on any atom is -0.469 e. The van der Waals surface area contributed by atoms with Crippen molar-refractivity contribution in [1.29, 1.82) is 0 Å². The summed E-state index contributed by atoms with van der Waals surface area (Å²) in [6.45, 7) is 7.11. The van der Waals surface area contributed by atoms with Crippen LogP contribution < -0.4 is 0 Å². The zero-order valence-electron chi connectivity index (χ0n) is 19.0. The van der Waals surface area contributed by atoms with Gasteiger partial charge in [0, 0.05) is 32.7 Å². The van der Waals surface area contributed by atoms with Gasteiger partial charge in [-0.2, -0.15) is 0 Å². The summed E-state index contributed by atoms with van der Waals surface area (Å²) < 4.78 is 14.3. The molecular weight excluding hydrogens is 400 g/mol. The first-order chi connectivity index (χ1) is 15.0. The highest BCUT2D eigenvalue weighted by Crippen LogP contribution is 2.16. The Morgan fingerprint density at radius 2 is 1.39 bits per heavy atom. The van der Waals surface area contributed by atoms with Crippen LogP contribution >= 0.6 is 0 Å². The second kappa shape index (κ2) is 16.3. The van der Waals surface area contributed by atoms with Crippen molar-refractivity contribution < 1.29 is 28.6 Å². The summed E-state index contributed by atoms with van der Waals surface area (Å²) >= 11 is 0. The molecule has 1 aromatic carbocycles. The summed E-state index contributed by atoms with van der Waals surface area (Å²) in [5.74, 6) is -0.458. The summed E-state index contributed by atoms with van der Waals surface area (Å²) in [5, 5.41) is 0. The highest BCUT2D eigenvalue weighted by Gasteiger charge is 2.14. The quantitative estimate of drug-likeness (QED) is 0.159. The molecule has 0 fully saturated rings. The molecule has 0 aromatic heterocycles. The molecule has 0 N–H and O–H groups in total. The first kappa shape index (κ1) is 26.6. The average Bonchev–Trinajstić information content (AvgIpc) is 2.79. The monoisotopic (exact) mass is 436 g/mol. The van der Waals surface area contributed by atoms with Crippen LogP contribution in [0.3, 0.4) is 0 Å². The van der Waals surface area contributed by atoms with Crippen molar-refractivity contribution in [2.45, 2.75) is 45.7 Å². The molecule has 0 amide bonds. The van der Waals surface area contributed by atoms with E-state index in [0.29, 0.717) is 58.5 Å². The first-order valence-corrected chi connectivity index (χ1v) is 10.7. The molecule has 0 unspecified atom stereocenters. The largest absolute Gasteiger partial charge is 0.469 e. The zero-order chi connectivity index (χ0) is 22.9. The Balaban J connectivity index is 2.85. The molecule has 0 spiro atoms. The number of ether oxygens (including phenoxy) is 3. The fourth-order valence-corrected chi connectivity index (χ4v) is 3.33. The smallest absolute Gasteiger partial charge is 0.306 e. The maximum Gasteiger partial charge on any atom is 0.306 e. The van der Waals surface area contributed by atoms with Crippen LogP contribution in [0.15, 0.2) is 24.3 Å². The summed E-state index contributed by atoms with van der Waals surface area (Å²) in [6, 6.07) is 8.21. The molecule has 0 saturated heterocycles. The van der Waals surface area contributed by atoms with Gasteiger partial charge in [-0.3, -0.25) is 24.2 Å². The second-order valence-corrected chi connectivity index (χ2v) is 7.29. The lowest BCUT2D eigenvalue weighted by atomic mass is 10.1. The van der Waals surface area contributed by atoms with Crippen LogP contribution in [0.1, 0.15) is 43.7 Å². The van der Waals surface area contributed by atoms with E-state index in [0.717, 1.165) is 19.5 Å². The molecule has 174 valence electrons. The minimum atomic E-state index is -0.251. The summed E-state index contributed by atoms with van der Waals surface area (Å²) in [4.78, 5) is 38.0.